The molecule has 1 unspecified atom stereocenters. The van der Waals surface area contributed by atoms with Crippen molar-refractivity contribution < 1.29 is 14.7 Å². The van der Waals surface area contributed by atoms with Crippen LogP contribution in [-0.4, -0.2) is 64.2 Å². The molecule has 0 bridgehead atoms. The van der Waals surface area contributed by atoms with Crippen molar-refractivity contribution in [2.24, 2.45) is 0 Å². The highest BCUT2D eigenvalue weighted by Crippen LogP contribution is 2.36. The molecule has 2 aliphatic rings. The smallest absolute Gasteiger partial charge is 0.317 e. The molecule has 0 aromatic carbocycles. The molecule has 1 atom stereocenters. The molecular formula is C15H27N3O3S. The van der Waals surface area contributed by atoms with Crippen LogP contribution in [-0.2, 0) is 4.79 Å². The zero-order chi connectivity index (χ0) is 16.2. The molecular weight excluding hydrogens is 302 g/mol. The van der Waals surface area contributed by atoms with E-state index in [0.717, 1.165) is 25.8 Å². The molecule has 22 heavy (non-hydrogen) atoms. The number of carboxylic acid groups (broad SMARTS) is 1. The van der Waals surface area contributed by atoms with Crippen LogP contribution >= 0.6 is 11.8 Å². The third kappa shape index (κ3) is 4.78. The Morgan fingerprint density at radius 1 is 1.41 bits per heavy atom. The Bertz CT molecular complexity index is 407. The van der Waals surface area contributed by atoms with Crippen molar-refractivity contribution in [1.82, 2.24) is 15.5 Å². The van der Waals surface area contributed by atoms with E-state index in [4.69, 9.17) is 5.11 Å². The Hall–Kier alpha value is -0.950. The molecule has 2 rings (SSSR count). The third-order valence-electron chi connectivity index (χ3n) is 4.63. The SMILES string of the molecule is CCN(CC(=O)O)C1CC(NC(=O)NCC2(C)CCCS2)C1. The van der Waals surface area contributed by atoms with Gasteiger partial charge in [0.05, 0.1) is 6.54 Å². The van der Waals surface area contributed by atoms with E-state index in [1.165, 1.54) is 12.2 Å². The molecule has 1 saturated heterocycles. The van der Waals surface area contributed by atoms with E-state index in [-0.39, 0.29) is 29.4 Å². The highest BCUT2D eigenvalue weighted by molar-refractivity contribution is 8.00. The van der Waals surface area contributed by atoms with Gasteiger partial charge in [0, 0.05) is 23.4 Å². The van der Waals surface area contributed by atoms with E-state index in [1.807, 2.05) is 23.6 Å². The quantitative estimate of drug-likeness (QED) is 0.659. The number of amides is 2. The molecule has 0 aromatic heterocycles. The van der Waals surface area contributed by atoms with Gasteiger partial charge in [0.1, 0.15) is 0 Å². The molecule has 3 N–H and O–H groups in total. The summed E-state index contributed by atoms with van der Waals surface area (Å²) in [4.78, 5) is 24.7. The Morgan fingerprint density at radius 3 is 2.68 bits per heavy atom. The van der Waals surface area contributed by atoms with E-state index in [1.54, 1.807) is 0 Å². The second-order valence-corrected chi connectivity index (χ2v) is 8.19. The number of carboxylic acids is 1. The topological polar surface area (TPSA) is 81.7 Å². The summed E-state index contributed by atoms with van der Waals surface area (Å²) >= 11 is 1.93. The minimum atomic E-state index is -0.793. The molecule has 1 aliphatic carbocycles. The maximum atomic E-state index is 11.9. The molecule has 2 fully saturated rings. The molecule has 0 spiro atoms. The van der Waals surface area contributed by atoms with Gasteiger partial charge in [0.15, 0.2) is 0 Å². The summed E-state index contributed by atoms with van der Waals surface area (Å²) in [5.74, 6) is 0.388. The Kier molecular flexibility index (Phi) is 5.97. The number of hydrogen-bond acceptors (Lipinski definition) is 4. The second-order valence-electron chi connectivity index (χ2n) is 6.51. The van der Waals surface area contributed by atoms with Crippen molar-refractivity contribution in [3.8, 4) is 0 Å². The maximum Gasteiger partial charge on any atom is 0.317 e. The first kappa shape index (κ1) is 17.4. The van der Waals surface area contributed by atoms with Crippen LogP contribution in [0.1, 0.15) is 39.5 Å². The minimum Gasteiger partial charge on any atom is -0.480 e. The van der Waals surface area contributed by atoms with Crippen LogP contribution in [0.15, 0.2) is 0 Å². The fourth-order valence-electron chi connectivity index (χ4n) is 3.16. The summed E-state index contributed by atoms with van der Waals surface area (Å²) in [5.41, 5.74) is 0. The van der Waals surface area contributed by atoms with Gasteiger partial charge in [-0.3, -0.25) is 9.69 Å². The average Bonchev–Trinajstić information content (AvgIpc) is 2.85. The molecule has 1 saturated carbocycles. The largest absolute Gasteiger partial charge is 0.480 e. The number of carbonyl (C=O) groups is 2. The summed E-state index contributed by atoms with van der Waals surface area (Å²) < 4.78 is 0.181. The Balaban J connectivity index is 1.64. The summed E-state index contributed by atoms with van der Waals surface area (Å²) in [6.07, 6.45) is 4.05. The fourth-order valence-corrected chi connectivity index (χ4v) is 4.40. The van der Waals surface area contributed by atoms with Gasteiger partial charge < -0.3 is 15.7 Å². The number of thioether (sulfide) groups is 1. The lowest BCUT2D eigenvalue weighted by Gasteiger charge is -2.42. The van der Waals surface area contributed by atoms with Crippen molar-refractivity contribution in [3.05, 3.63) is 0 Å². The first-order chi connectivity index (χ1) is 10.4. The lowest BCUT2D eigenvalue weighted by atomic mass is 9.85. The normalized spacial score (nSPS) is 30.9. The number of likely N-dealkylation sites (N-methyl/N-ethyl adjacent to an activating group) is 1. The highest BCUT2D eigenvalue weighted by atomic mass is 32.2. The van der Waals surface area contributed by atoms with Gasteiger partial charge in [-0.2, -0.15) is 11.8 Å². The van der Waals surface area contributed by atoms with Gasteiger partial charge in [-0.25, -0.2) is 4.79 Å². The van der Waals surface area contributed by atoms with Crippen LogP contribution in [0.2, 0.25) is 0 Å². The second kappa shape index (κ2) is 7.55. The predicted octanol–water partition coefficient (Wildman–Crippen LogP) is 1.51. The molecule has 2 amide bonds. The standard InChI is InChI=1S/C15H27N3O3S/c1-3-18(9-13(19)20)12-7-11(8-12)17-14(21)16-10-15(2)5-4-6-22-15/h11-12H,3-10H2,1-2H3,(H,19,20)(H2,16,17,21). The molecule has 1 heterocycles. The average molecular weight is 329 g/mol. The number of nitrogens with one attached hydrogen (secondary N) is 2. The van der Waals surface area contributed by atoms with Crippen molar-refractivity contribution >= 4 is 23.8 Å². The van der Waals surface area contributed by atoms with Crippen LogP contribution in [0.5, 0.6) is 0 Å². The number of nitrogens with zero attached hydrogens (tertiary/aromatic N) is 1. The van der Waals surface area contributed by atoms with Crippen molar-refractivity contribution in [1.29, 1.82) is 0 Å². The lowest BCUT2D eigenvalue weighted by molar-refractivity contribution is -0.139. The van der Waals surface area contributed by atoms with Crippen molar-refractivity contribution in [2.45, 2.75) is 56.4 Å². The van der Waals surface area contributed by atoms with E-state index >= 15 is 0 Å². The fraction of sp³-hybridized carbons (Fsp3) is 0.867. The highest BCUT2D eigenvalue weighted by Gasteiger charge is 2.35. The molecule has 0 aromatic rings. The number of carbonyl (C=O) groups excluding carboxylic acids is 1. The first-order valence-corrected chi connectivity index (χ1v) is 9.04. The number of aliphatic carboxylic acids is 1. The van der Waals surface area contributed by atoms with Crippen molar-refractivity contribution in [2.75, 3.05) is 25.4 Å². The zero-order valence-electron chi connectivity index (χ0n) is 13.4. The van der Waals surface area contributed by atoms with E-state index in [2.05, 4.69) is 17.6 Å². The summed E-state index contributed by atoms with van der Waals surface area (Å²) in [6.45, 7) is 5.69. The van der Waals surface area contributed by atoms with E-state index < -0.39 is 5.97 Å². The summed E-state index contributed by atoms with van der Waals surface area (Å²) in [6, 6.07) is 0.338. The van der Waals surface area contributed by atoms with Crippen LogP contribution in [0.3, 0.4) is 0 Å². The van der Waals surface area contributed by atoms with Crippen LogP contribution < -0.4 is 10.6 Å². The van der Waals surface area contributed by atoms with E-state index in [0.29, 0.717) is 6.54 Å². The van der Waals surface area contributed by atoms with Gasteiger partial charge in [-0.1, -0.05) is 6.92 Å². The van der Waals surface area contributed by atoms with Crippen LogP contribution in [0, 0.1) is 0 Å². The summed E-state index contributed by atoms with van der Waals surface area (Å²) in [7, 11) is 0. The van der Waals surface area contributed by atoms with E-state index in [9.17, 15) is 9.59 Å². The molecule has 0 radical (unpaired) electrons. The summed E-state index contributed by atoms with van der Waals surface area (Å²) in [5, 5.41) is 14.8. The predicted molar refractivity (Wildman–Crippen MR) is 88.3 cm³/mol. The number of rotatable bonds is 7. The Labute approximate surface area is 136 Å². The van der Waals surface area contributed by atoms with Crippen LogP contribution in [0.25, 0.3) is 0 Å². The Morgan fingerprint density at radius 2 is 2.14 bits per heavy atom. The molecule has 126 valence electrons. The molecule has 7 heteroatoms. The minimum absolute atomic E-state index is 0.0790. The zero-order valence-corrected chi connectivity index (χ0v) is 14.2. The van der Waals surface area contributed by atoms with Gasteiger partial charge in [-0.15, -0.1) is 0 Å². The molecule has 6 nitrogen and oxygen atoms in total. The van der Waals surface area contributed by atoms with Gasteiger partial charge in [-0.05, 0) is 44.9 Å². The third-order valence-corrected chi connectivity index (χ3v) is 6.17. The van der Waals surface area contributed by atoms with Crippen LogP contribution in [0.4, 0.5) is 4.79 Å². The lowest BCUT2D eigenvalue weighted by Crippen LogP contribution is -2.57. The molecule has 1 aliphatic heterocycles. The number of urea groups is 1. The maximum absolute atomic E-state index is 11.9. The monoisotopic (exact) mass is 329 g/mol. The first-order valence-electron chi connectivity index (χ1n) is 8.06. The van der Waals surface area contributed by atoms with Crippen molar-refractivity contribution in [3.63, 3.8) is 0 Å². The number of hydrogen-bond donors (Lipinski definition) is 3. The van der Waals surface area contributed by atoms with Gasteiger partial charge in [0.25, 0.3) is 0 Å². The van der Waals surface area contributed by atoms with Gasteiger partial charge in [0.2, 0.25) is 0 Å². The van der Waals surface area contributed by atoms with Gasteiger partial charge >= 0.3 is 12.0 Å².